The number of benzene rings is 1. The molecule has 5 nitrogen and oxygen atoms in total. The van der Waals surface area contributed by atoms with E-state index < -0.39 is 0 Å². The lowest BCUT2D eigenvalue weighted by atomic mass is 10.2. The van der Waals surface area contributed by atoms with Crippen molar-refractivity contribution in [2.45, 2.75) is 24.4 Å². The van der Waals surface area contributed by atoms with Gasteiger partial charge in [-0.2, -0.15) is 0 Å². The molecule has 1 aromatic carbocycles. The highest BCUT2D eigenvalue weighted by Gasteiger charge is 2.10. The number of rotatable bonds is 5. The zero-order valence-corrected chi connectivity index (χ0v) is 11.9. The first-order valence-electron chi connectivity index (χ1n) is 6.38. The zero-order valence-electron chi connectivity index (χ0n) is 11.1. The van der Waals surface area contributed by atoms with E-state index in [1.165, 1.54) is 0 Å². The number of thioether (sulfide) groups is 1. The molecule has 6 heteroatoms. The fourth-order valence-electron chi connectivity index (χ4n) is 1.81. The average Bonchev–Trinajstić information content (AvgIpc) is 3.15. The van der Waals surface area contributed by atoms with Gasteiger partial charge in [0.05, 0.1) is 5.75 Å². The van der Waals surface area contributed by atoms with E-state index in [4.69, 9.17) is 4.42 Å². The van der Waals surface area contributed by atoms with Crippen LogP contribution in [0.5, 0.6) is 0 Å². The maximum absolute atomic E-state index is 5.66. The molecule has 0 spiro atoms. The molecule has 20 heavy (non-hydrogen) atoms. The summed E-state index contributed by atoms with van der Waals surface area (Å²) in [6, 6.07) is 9.77. The van der Waals surface area contributed by atoms with Gasteiger partial charge in [0.2, 0.25) is 11.8 Å². The monoisotopic (exact) mass is 286 g/mol. The van der Waals surface area contributed by atoms with Crippen molar-refractivity contribution in [1.29, 1.82) is 0 Å². The van der Waals surface area contributed by atoms with Crippen LogP contribution in [0.25, 0.3) is 11.5 Å². The molecule has 2 aromatic heterocycles. The minimum Gasteiger partial charge on any atom is -0.420 e. The predicted octanol–water partition coefficient (Wildman–Crippen LogP) is 3.25. The molecule has 0 atom stereocenters. The normalized spacial score (nSPS) is 10.8. The van der Waals surface area contributed by atoms with Crippen molar-refractivity contribution >= 4 is 11.8 Å². The third kappa shape index (κ3) is 2.75. The fraction of sp³-hybridized carbons (Fsp3) is 0.214. The number of imidazole rings is 1. The highest BCUT2D eigenvalue weighted by molar-refractivity contribution is 7.98. The molecular weight excluding hydrogens is 272 g/mol. The Morgan fingerprint density at radius 3 is 2.85 bits per heavy atom. The maximum atomic E-state index is 5.66. The summed E-state index contributed by atoms with van der Waals surface area (Å²) in [4.78, 5) is 4.30. The van der Waals surface area contributed by atoms with E-state index in [1.54, 1.807) is 18.0 Å². The molecule has 0 fully saturated rings. The molecule has 0 unspecified atom stereocenters. The number of aromatic nitrogens is 4. The SMILES string of the molecule is CCn1ccnc1SCc1nnc(-c2ccccc2)o1. The van der Waals surface area contributed by atoms with Crippen molar-refractivity contribution in [2.75, 3.05) is 0 Å². The molecule has 3 aromatic rings. The molecule has 102 valence electrons. The highest BCUT2D eigenvalue weighted by Crippen LogP contribution is 2.23. The Hall–Kier alpha value is -2.08. The lowest BCUT2D eigenvalue weighted by Gasteiger charge is -2.01. The molecule has 0 bridgehead atoms. The summed E-state index contributed by atoms with van der Waals surface area (Å²) in [5.41, 5.74) is 0.936. The van der Waals surface area contributed by atoms with Crippen LogP contribution >= 0.6 is 11.8 Å². The summed E-state index contributed by atoms with van der Waals surface area (Å²) in [6.45, 7) is 2.99. The molecule has 0 aliphatic carbocycles. The van der Waals surface area contributed by atoms with Crippen LogP contribution in [0.3, 0.4) is 0 Å². The third-order valence-corrected chi connectivity index (χ3v) is 3.82. The van der Waals surface area contributed by atoms with E-state index in [0.29, 0.717) is 17.5 Å². The minimum atomic E-state index is 0.556. The first kappa shape index (κ1) is 12.9. The van der Waals surface area contributed by atoms with Gasteiger partial charge in [-0.3, -0.25) is 0 Å². The summed E-state index contributed by atoms with van der Waals surface area (Å²) < 4.78 is 7.74. The summed E-state index contributed by atoms with van der Waals surface area (Å²) in [5.74, 6) is 1.79. The Balaban J connectivity index is 1.69. The Kier molecular flexibility index (Phi) is 3.83. The van der Waals surface area contributed by atoms with Crippen molar-refractivity contribution in [3.8, 4) is 11.5 Å². The van der Waals surface area contributed by atoms with E-state index in [2.05, 4.69) is 26.7 Å². The van der Waals surface area contributed by atoms with Crippen molar-refractivity contribution in [2.24, 2.45) is 0 Å². The summed E-state index contributed by atoms with van der Waals surface area (Å²) in [5, 5.41) is 9.11. The van der Waals surface area contributed by atoms with Crippen molar-refractivity contribution in [3.05, 3.63) is 48.6 Å². The second-order valence-corrected chi connectivity index (χ2v) is 5.09. The first-order chi connectivity index (χ1) is 9.86. The van der Waals surface area contributed by atoms with Crippen LogP contribution in [-0.2, 0) is 12.3 Å². The summed E-state index contributed by atoms with van der Waals surface area (Å²) >= 11 is 1.60. The van der Waals surface area contributed by atoms with Gasteiger partial charge in [0.25, 0.3) is 0 Å². The zero-order chi connectivity index (χ0) is 13.8. The van der Waals surface area contributed by atoms with Crippen molar-refractivity contribution in [3.63, 3.8) is 0 Å². The van der Waals surface area contributed by atoms with Gasteiger partial charge >= 0.3 is 0 Å². The number of aryl methyl sites for hydroxylation is 1. The molecule has 0 aliphatic rings. The second-order valence-electron chi connectivity index (χ2n) is 4.15. The maximum Gasteiger partial charge on any atom is 0.247 e. The van der Waals surface area contributed by atoms with E-state index in [9.17, 15) is 0 Å². The minimum absolute atomic E-state index is 0.556. The Morgan fingerprint density at radius 1 is 1.20 bits per heavy atom. The average molecular weight is 286 g/mol. The van der Waals surface area contributed by atoms with Crippen molar-refractivity contribution < 1.29 is 4.42 Å². The molecule has 3 rings (SSSR count). The van der Waals surface area contributed by atoms with Crippen LogP contribution in [0.4, 0.5) is 0 Å². The first-order valence-corrected chi connectivity index (χ1v) is 7.37. The molecule has 0 amide bonds. The van der Waals surface area contributed by atoms with Gasteiger partial charge in [0.15, 0.2) is 5.16 Å². The molecule has 0 saturated heterocycles. The molecule has 0 aliphatic heterocycles. The lowest BCUT2D eigenvalue weighted by molar-refractivity contribution is 0.528. The lowest BCUT2D eigenvalue weighted by Crippen LogP contribution is -1.94. The number of hydrogen-bond acceptors (Lipinski definition) is 5. The smallest absolute Gasteiger partial charge is 0.247 e. The van der Waals surface area contributed by atoms with E-state index in [0.717, 1.165) is 17.3 Å². The molecule has 0 N–H and O–H groups in total. The van der Waals surface area contributed by atoms with Gasteiger partial charge in [0, 0.05) is 24.5 Å². The van der Waals surface area contributed by atoms with Crippen LogP contribution in [-0.4, -0.2) is 19.7 Å². The third-order valence-electron chi connectivity index (χ3n) is 2.83. The van der Waals surface area contributed by atoms with Gasteiger partial charge in [-0.15, -0.1) is 10.2 Å². The van der Waals surface area contributed by atoms with Gasteiger partial charge in [-0.25, -0.2) is 4.98 Å². The summed E-state index contributed by atoms with van der Waals surface area (Å²) in [7, 11) is 0. The topological polar surface area (TPSA) is 56.7 Å². The highest BCUT2D eigenvalue weighted by atomic mass is 32.2. The van der Waals surface area contributed by atoms with Crippen LogP contribution in [0.2, 0.25) is 0 Å². The molecular formula is C14H14N4OS. The van der Waals surface area contributed by atoms with E-state index >= 15 is 0 Å². The Bertz CT molecular complexity index is 677. The number of nitrogens with zero attached hydrogens (tertiary/aromatic N) is 4. The Morgan fingerprint density at radius 2 is 2.05 bits per heavy atom. The predicted molar refractivity (Wildman–Crippen MR) is 77.2 cm³/mol. The molecule has 0 radical (unpaired) electrons. The van der Waals surface area contributed by atoms with Crippen molar-refractivity contribution in [1.82, 2.24) is 19.7 Å². The number of hydrogen-bond donors (Lipinski definition) is 0. The van der Waals surface area contributed by atoms with Crippen LogP contribution < -0.4 is 0 Å². The fourth-order valence-corrected chi connectivity index (χ4v) is 2.67. The molecule has 0 saturated carbocycles. The van der Waals surface area contributed by atoms with Gasteiger partial charge < -0.3 is 8.98 Å². The largest absolute Gasteiger partial charge is 0.420 e. The van der Waals surface area contributed by atoms with Gasteiger partial charge in [-0.1, -0.05) is 30.0 Å². The van der Waals surface area contributed by atoms with Gasteiger partial charge in [-0.05, 0) is 19.1 Å². The Labute approximate surface area is 121 Å². The van der Waals surface area contributed by atoms with E-state index in [-0.39, 0.29) is 0 Å². The second kappa shape index (κ2) is 5.92. The van der Waals surface area contributed by atoms with Crippen LogP contribution in [0.1, 0.15) is 12.8 Å². The quantitative estimate of drug-likeness (QED) is 0.674. The van der Waals surface area contributed by atoms with Crippen LogP contribution in [0.15, 0.2) is 52.3 Å². The van der Waals surface area contributed by atoms with Gasteiger partial charge in [0.1, 0.15) is 0 Å². The summed E-state index contributed by atoms with van der Waals surface area (Å²) in [6.07, 6.45) is 3.76. The van der Waals surface area contributed by atoms with E-state index in [1.807, 2.05) is 36.5 Å². The standard InChI is InChI=1S/C14H14N4OS/c1-2-18-9-8-15-14(18)20-10-12-16-17-13(19-12)11-6-4-3-5-7-11/h3-9H,2,10H2,1H3. The molecule has 2 heterocycles. The van der Waals surface area contributed by atoms with Crippen LogP contribution in [0, 0.1) is 0 Å².